The van der Waals surface area contributed by atoms with Gasteiger partial charge in [-0.1, -0.05) is 12.1 Å². The number of aryl methyl sites for hydroxylation is 1. The minimum absolute atomic E-state index is 0.406. The molecule has 0 aliphatic carbocycles. The van der Waals surface area contributed by atoms with Crippen LogP contribution in [-0.2, 0) is 6.42 Å². The number of benzene rings is 1. The predicted molar refractivity (Wildman–Crippen MR) is 65.3 cm³/mol. The van der Waals surface area contributed by atoms with Crippen molar-refractivity contribution in [2.45, 2.75) is 32.2 Å². The van der Waals surface area contributed by atoms with E-state index in [2.05, 4.69) is 21.2 Å². The fourth-order valence-electron chi connectivity index (χ4n) is 2.07. The van der Waals surface area contributed by atoms with Crippen LogP contribution in [0.5, 0.6) is 5.75 Å². The third kappa shape index (κ3) is 2.34. The van der Waals surface area contributed by atoms with E-state index in [1.54, 1.807) is 0 Å². The first kappa shape index (κ1) is 11.0. The number of halogens is 1. The van der Waals surface area contributed by atoms with Crippen LogP contribution in [0.3, 0.4) is 0 Å². The smallest absolute Gasteiger partial charge is 0.133 e. The van der Waals surface area contributed by atoms with Gasteiger partial charge in [-0.2, -0.15) is 0 Å². The fraction of sp³-hybridized carbons (Fsp3) is 0.500. The molecule has 0 saturated carbocycles. The zero-order valence-corrected chi connectivity index (χ0v) is 10.5. The second-order valence-electron chi connectivity index (χ2n) is 4.20. The highest BCUT2D eigenvalue weighted by Crippen LogP contribution is 2.32. The van der Waals surface area contributed by atoms with Gasteiger partial charge in [-0.3, -0.25) is 0 Å². The van der Waals surface area contributed by atoms with Gasteiger partial charge in [0.25, 0.3) is 0 Å². The van der Waals surface area contributed by atoms with Gasteiger partial charge in [-0.15, -0.1) is 0 Å². The molecule has 2 nitrogen and oxygen atoms in total. The lowest BCUT2D eigenvalue weighted by Crippen LogP contribution is -2.23. The lowest BCUT2D eigenvalue weighted by molar-refractivity contribution is 0.458. The highest BCUT2D eigenvalue weighted by Gasteiger charge is 2.17. The maximum absolute atomic E-state index is 9.96. The maximum Gasteiger partial charge on any atom is 0.133 e. The Bertz CT molecular complexity index is 359. The molecule has 15 heavy (non-hydrogen) atoms. The molecule has 1 aliphatic heterocycles. The zero-order chi connectivity index (χ0) is 10.8. The second-order valence-corrected chi connectivity index (χ2v) is 4.99. The van der Waals surface area contributed by atoms with Gasteiger partial charge < -0.3 is 10.4 Å². The number of nitrogens with one attached hydrogen (secondary N) is 1. The molecule has 82 valence electrons. The average molecular weight is 270 g/mol. The highest BCUT2D eigenvalue weighted by molar-refractivity contribution is 9.10. The van der Waals surface area contributed by atoms with Gasteiger partial charge in [-0.25, -0.2) is 0 Å². The van der Waals surface area contributed by atoms with Crippen molar-refractivity contribution in [2.75, 3.05) is 6.54 Å². The van der Waals surface area contributed by atoms with E-state index in [1.807, 2.05) is 19.1 Å². The first-order valence-corrected chi connectivity index (χ1v) is 6.18. The molecule has 1 atom stereocenters. The molecular formula is C12H16BrNO. The molecule has 1 aromatic rings. The normalized spacial score (nSPS) is 20.8. The molecule has 1 fully saturated rings. The summed E-state index contributed by atoms with van der Waals surface area (Å²) in [7, 11) is 0. The summed E-state index contributed by atoms with van der Waals surface area (Å²) < 4.78 is 0.831. The lowest BCUT2D eigenvalue weighted by Gasteiger charge is -2.13. The van der Waals surface area contributed by atoms with Crippen LogP contribution in [0.1, 0.15) is 24.0 Å². The zero-order valence-electron chi connectivity index (χ0n) is 8.89. The van der Waals surface area contributed by atoms with Gasteiger partial charge in [0, 0.05) is 6.04 Å². The standard InChI is InChI=1S/C12H16BrNO/c1-8-4-5-9(12(15)11(8)13)7-10-3-2-6-14-10/h4-5,10,14-15H,2-3,6-7H2,1H3. The van der Waals surface area contributed by atoms with Gasteiger partial charge in [0.15, 0.2) is 0 Å². The number of hydrogen-bond donors (Lipinski definition) is 2. The van der Waals surface area contributed by atoms with Crippen LogP contribution in [0, 0.1) is 6.92 Å². The van der Waals surface area contributed by atoms with Crippen LogP contribution >= 0.6 is 15.9 Å². The summed E-state index contributed by atoms with van der Waals surface area (Å²) in [6.07, 6.45) is 3.38. The number of phenols is 1. The Labute approximate surface area is 98.8 Å². The first-order chi connectivity index (χ1) is 7.18. The molecule has 2 N–H and O–H groups in total. The molecule has 1 heterocycles. The molecule has 2 rings (SSSR count). The van der Waals surface area contributed by atoms with Gasteiger partial charge >= 0.3 is 0 Å². The van der Waals surface area contributed by atoms with Crippen molar-refractivity contribution in [1.29, 1.82) is 0 Å². The predicted octanol–water partition coefficient (Wildman–Crippen LogP) is 2.76. The lowest BCUT2D eigenvalue weighted by atomic mass is 10.0. The number of phenolic OH excluding ortho intramolecular Hbond substituents is 1. The van der Waals surface area contributed by atoms with Crippen LogP contribution in [0.25, 0.3) is 0 Å². The summed E-state index contributed by atoms with van der Waals surface area (Å²) in [6, 6.07) is 4.61. The summed E-state index contributed by atoms with van der Waals surface area (Å²) in [5.41, 5.74) is 2.11. The molecule has 0 radical (unpaired) electrons. The number of aromatic hydroxyl groups is 1. The number of hydrogen-bond acceptors (Lipinski definition) is 2. The molecule has 0 aromatic heterocycles. The summed E-state index contributed by atoms with van der Waals surface area (Å²) in [4.78, 5) is 0. The molecule has 1 unspecified atom stereocenters. The summed E-state index contributed by atoms with van der Waals surface area (Å²) in [5, 5.41) is 13.4. The minimum Gasteiger partial charge on any atom is -0.506 e. The Kier molecular flexibility index (Phi) is 3.32. The molecule has 3 heteroatoms. The quantitative estimate of drug-likeness (QED) is 0.866. The summed E-state index contributed by atoms with van der Waals surface area (Å²) in [5.74, 6) is 0.406. The maximum atomic E-state index is 9.96. The molecule has 0 spiro atoms. The van der Waals surface area contributed by atoms with E-state index >= 15 is 0 Å². The van der Waals surface area contributed by atoms with E-state index in [1.165, 1.54) is 12.8 Å². The Balaban J connectivity index is 2.17. The van der Waals surface area contributed by atoms with Crippen molar-refractivity contribution in [2.24, 2.45) is 0 Å². The van der Waals surface area contributed by atoms with Gasteiger partial charge in [0.2, 0.25) is 0 Å². The van der Waals surface area contributed by atoms with E-state index in [0.29, 0.717) is 11.8 Å². The third-order valence-corrected chi connectivity index (χ3v) is 4.02. The van der Waals surface area contributed by atoms with Crippen molar-refractivity contribution in [3.8, 4) is 5.75 Å². The molecule has 1 aliphatic rings. The van der Waals surface area contributed by atoms with Crippen molar-refractivity contribution in [1.82, 2.24) is 5.32 Å². The Hall–Kier alpha value is -0.540. The SMILES string of the molecule is Cc1ccc(CC2CCCN2)c(O)c1Br. The van der Waals surface area contributed by atoms with E-state index in [9.17, 15) is 5.11 Å². The van der Waals surface area contributed by atoms with Crippen LogP contribution in [-0.4, -0.2) is 17.7 Å². The largest absolute Gasteiger partial charge is 0.506 e. The average Bonchev–Trinajstić information content (AvgIpc) is 2.72. The van der Waals surface area contributed by atoms with Crippen LogP contribution in [0.15, 0.2) is 16.6 Å². The molecular weight excluding hydrogens is 254 g/mol. The topological polar surface area (TPSA) is 32.3 Å². The van der Waals surface area contributed by atoms with Gasteiger partial charge in [0.1, 0.15) is 5.75 Å². The Morgan fingerprint density at radius 2 is 2.33 bits per heavy atom. The highest BCUT2D eigenvalue weighted by atomic mass is 79.9. The molecule has 0 amide bonds. The van der Waals surface area contributed by atoms with E-state index in [0.717, 1.165) is 28.6 Å². The van der Waals surface area contributed by atoms with E-state index in [-0.39, 0.29) is 0 Å². The number of rotatable bonds is 2. The molecule has 1 aromatic carbocycles. The van der Waals surface area contributed by atoms with Gasteiger partial charge in [0.05, 0.1) is 4.47 Å². The van der Waals surface area contributed by atoms with Crippen molar-refractivity contribution in [3.63, 3.8) is 0 Å². The van der Waals surface area contributed by atoms with Crippen molar-refractivity contribution < 1.29 is 5.11 Å². The second kappa shape index (κ2) is 4.54. The Morgan fingerprint density at radius 1 is 1.53 bits per heavy atom. The summed E-state index contributed by atoms with van der Waals surface area (Å²) >= 11 is 3.41. The van der Waals surface area contributed by atoms with E-state index < -0.39 is 0 Å². The molecule has 0 bridgehead atoms. The van der Waals surface area contributed by atoms with Crippen LogP contribution in [0.4, 0.5) is 0 Å². The third-order valence-electron chi connectivity index (χ3n) is 3.02. The summed E-state index contributed by atoms with van der Waals surface area (Å²) in [6.45, 7) is 3.10. The molecule has 1 saturated heterocycles. The van der Waals surface area contributed by atoms with Crippen molar-refractivity contribution in [3.05, 3.63) is 27.7 Å². The van der Waals surface area contributed by atoms with Crippen LogP contribution in [0.2, 0.25) is 0 Å². The van der Waals surface area contributed by atoms with Crippen molar-refractivity contribution >= 4 is 15.9 Å². The van der Waals surface area contributed by atoms with Crippen LogP contribution < -0.4 is 5.32 Å². The monoisotopic (exact) mass is 269 g/mol. The van der Waals surface area contributed by atoms with Gasteiger partial charge in [-0.05, 0) is 59.8 Å². The first-order valence-electron chi connectivity index (χ1n) is 5.39. The minimum atomic E-state index is 0.406. The fourth-order valence-corrected chi connectivity index (χ4v) is 2.45. The Morgan fingerprint density at radius 3 is 3.00 bits per heavy atom. The van der Waals surface area contributed by atoms with E-state index in [4.69, 9.17) is 0 Å².